The van der Waals surface area contributed by atoms with Gasteiger partial charge in [0, 0.05) is 12.1 Å². The smallest absolute Gasteiger partial charge is 0.364 e. The van der Waals surface area contributed by atoms with Crippen molar-refractivity contribution in [3.05, 3.63) is 35.1 Å². The second kappa shape index (κ2) is 7.59. The Balaban J connectivity index is 2.62. The van der Waals surface area contributed by atoms with Crippen LogP contribution in [-0.4, -0.2) is 18.8 Å². The molecule has 1 unspecified atom stereocenters. The third kappa shape index (κ3) is 5.46. The molecule has 0 saturated heterocycles. The summed E-state index contributed by atoms with van der Waals surface area (Å²) >= 11 is 0. The molecule has 2 nitrogen and oxygen atoms in total. The molecule has 0 radical (unpaired) electrons. The van der Waals surface area contributed by atoms with Crippen molar-refractivity contribution < 1.29 is 22.3 Å². The molecule has 0 aliphatic heterocycles. The Labute approximate surface area is 116 Å². The summed E-state index contributed by atoms with van der Waals surface area (Å²) in [7, 11) is 0. The number of alkyl halides is 3. The maximum Gasteiger partial charge on any atom is 0.414 e. The Hall–Kier alpha value is -1.14. The molecule has 1 atom stereocenters. The third-order valence-corrected chi connectivity index (χ3v) is 2.82. The van der Waals surface area contributed by atoms with Gasteiger partial charge in [-0.2, -0.15) is 13.2 Å². The Morgan fingerprint density at radius 1 is 1.30 bits per heavy atom. The summed E-state index contributed by atoms with van der Waals surface area (Å²) in [5.41, 5.74) is 0.954. The minimum absolute atomic E-state index is 0.136. The van der Waals surface area contributed by atoms with Gasteiger partial charge in [-0.05, 0) is 37.6 Å². The minimum atomic E-state index is -4.43. The fourth-order valence-electron chi connectivity index (χ4n) is 1.57. The molecule has 1 rings (SSSR count). The van der Waals surface area contributed by atoms with Crippen molar-refractivity contribution in [1.82, 2.24) is 5.32 Å². The van der Waals surface area contributed by atoms with Crippen LogP contribution in [0.1, 0.15) is 31.4 Å². The minimum Gasteiger partial charge on any atom is -0.364 e. The molecule has 0 saturated carbocycles. The van der Waals surface area contributed by atoms with Gasteiger partial charge in [0.25, 0.3) is 0 Å². The van der Waals surface area contributed by atoms with Crippen molar-refractivity contribution in [2.24, 2.45) is 0 Å². The summed E-state index contributed by atoms with van der Waals surface area (Å²) in [4.78, 5) is 0. The van der Waals surface area contributed by atoms with E-state index in [1.807, 2.05) is 6.92 Å². The lowest BCUT2D eigenvalue weighted by atomic mass is 10.1. The standard InChI is InChI=1S/C14H19F4NO/c1-3-6-19-8-11-4-5-13(15)12(7-11)9-20-10(2)14(16,17)18/h4-5,7,10,19H,3,6,8-9H2,1-2H3. The van der Waals surface area contributed by atoms with Crippen molar-refractivity contribution in [3.63, 3.8) is 0 Å². The first kappa shape index (κ1) is 16.9. The van der Waals surface area contributed by atoms with E-state index in [1.54, 1.807) is 6.07 Å². The SMILES string of the molecule is CCCNCc1ccc(F)c(COC(C)C(F)(F)F)c1. The summed E-state index contributed by atoms with van der Waals surface area (Å²) < 4.78 is 55.1. The van der Waals surface area contributed by atoms with Crippen LogP contribution in [0.3, 0.4) is 0 Å². The van der Waals surface area contributed by atoms with E-state index in [4.69, 9.17) is 0 Å². The van der Waals surface area contributed by atoms with Crippen molar-refractivity contribution in [3.8, 4) is 0 Å². The third-order valence-electron chi connectivity index (χ3n) is 2.82. The molecule has 114 valence electrons. The fraction of sp³-hybridized carbons (Fsp3) is 0.571. The van der Waals surface area contributed by atoms with Gasteiger partial charge in [-0.15, -0.1) is 0 Å². The molecule has 0 aromatic heterocycles. The van der Waals surface area contributed by atoms with Crippen molar-refractivity contribution in [2.75, 3.05) is 6.54 Å². The first-order valence-electron chi connectivity index (χ1n) is 6.51. The van der Waals surface area contributed by atoms with E-state index in [9.17, 15) is 17.6 Å². The van der Waals surface area contributed by atoms with Crippen LogP contribution in [0.15, 0.2) is 18.2 Å². The number of ether oxygens (including phenoxy) is 1. The highest BCUT2D eigenvalue weighted by atomic mass is 19.4. The van der Waals surface area contributed by atoms with Crippen LogP contribution in [0.2, 0.25) is 0 Å². The Kier molecular flexibility index (Phi) is 6.42. The van der Waals surface area contributed by atoms with Gasteiger partial charge in [-0.3, -0.25) is 0 Å². The van der Waals surface area contributed by atoms with Crippen LogP contribution in [0.5, 0.6) is 0 Å². The zero-order valence-corrected chi connectivity index (χ0v) is 11.6. The normalized spacial score (nSPS) is 13.5. The maximum atomic E-state index is 13.5. The van der Waals surface area contributed by atoms with Crippen LogP contribution in [0.25, 0.3) is 0 Å². The van der Waals surface area contributed by atoms with Crippen LogP contribution in [-0.2, 0) is 17.9 Å². The van der Waals surface area contributed by atoms with E-state index < -0.39 is 24.7 Å². The molecule has 1 aromatic rings. The number of benzene rings is 1. The van der Waals surface area contributed by atoms with Gasteiger partial charge in [0.05, 0.1) is 6.61 Å². The number of nitrogens with one attached hydrogen (secondary N) is 1. The quantitative estimate of drug-likeness (QED) is 0.610. The lowest BCUT2D eigenvalue weighted by molar-refractivity contribution is -0.217. The molecule has 0 aliphatic carbocycles. The van der Waals surface area contributed by atoms with E-state index in [-0.39, 0.29) is 5.56 Å². The number of hydrogen-bond donors (Lipinski definition) is 1. The van der Waals surface area contributed by atoms with Gasteiger partial charge in [0.1, 0.15) is 5.82 Å². The predicted molar refractivity (Wildman–Crippen MR) is 68.7 cm³/mol. The van der Waals surface area contributed by atoms with Crippen LogP contribution in [0.4, 0.5) is 17.6 Å². The highest BCUT2D eigenvalue weighted by molar-refractivity contribution is 5.24. The molecule has 6 heteroatoms. The molecule has 1 N–H and O–H groups in total. The molecular weight excluding hydrogens is 274 g/mol. The molecule has 0 bridgehead atoms. The van der Waals surface area contributed by atoms with Gasteiger partial charge in [0.15, 0.2) is 6.10 Å². The average Bonchev–Trinajstić information content (AvgIpc) is 2.38. The Bertz CT molecular complexity index is 420. The second-order valence-electron chi connectivity index (χ2n) is 4.60. The Morgan fingerprint density at radius 3 is 2.60 bits per heavy atom. The van der Waals surface area contributed by atoms with E-state index in [2.05, 4.69) is 10.1 Å². The summed E-state index contributed by atoms with van der Waals surface area (Å²) in [5, 5.41) is 3.14. The number of halogens is 4. The Morgan fingerprint density at radius 2 is 2.00 bits per heavy atom. The fourth-order valence-corrected chi connectivity index (χ4v) is 1.57. The molecular formula is C14H19F4NO. The molecule has 0 aliphatic rings. The highest BCUT2D eigenvalue weighted by Crippen LogP contribution is 2.23. The van der Waals surface area contributed by atoms with Gasteiger partial charge in [-0.1, -0.05) is 13.0 Å². The summed E-state index contributed by atoms with van der Waals surface area (Å²) in [6.45, 7) is 3.92. The van der Waals surface area contributed by atoms with Crippen LogP contribution < -0.4 is 5.32 Å². The average molecular weight is 293 g/mol. The molecule has 0 spiro atoms. The summed E-state index contributed by atoms with van der Waals surface area (Å²) in [6, 6.07) is 4.38. The van der Waals surface area contributed by atoms with E-state index >= 15 is 0 Å². The predicted octanol–water partition coefficient (Wildman–Crippen LogP) is 3.79. The van der Waals surface area contributed by atoms with Crippen molar-refractivity contribution in [2.45, 2.75) is 45.7 Å². The van der Waals surface area contributed by atoms with Crippen LogP contribution in [0, 0.1) is 5.82 Å². The zero-order chi connectivity index (χ0) is 15.2. The monoisotopic (exact) mass is 293 g/mol. The molecule has 0 heterocycles. The molecule has 0 amide bonds. The van der Waals surface area contributed by atoms with E-state index in [0.717, 1.165) is 25.5 Å². The first-order valence-corrected chi connectivity index (χ1v) is 6.51. The largest absolute Gasteiger partial charge is 0.414 e. The van der Waals surface area contributed by atoms with Gasteiger partial charge in [0.2, 0.25) is 0 Å². The second-order valence-corrected chi connectivity index (χ2v) is 4.60. The first-order chi connectivity index (χ1) is 9.34. The topological polar surface area (TPSA) is 21.3 Å². The van der Waals surface area contributed by atoms with Crippen molar-refractivity contribution in [1.29, 1.82) is 0 Å². The van der Waals surface area contributed by atoms with Gasteiger partial charge >= 0.3 is 6.18 Å². The van der Waals surface area contributed by atoms with Crippen LogP contribution >= 0.6 is 0 Å². The van der Waals surface area contributed by atoms with E-state index in [0.29, 0.717) is 6.54 Å². The lowest BCUT2D eigenvalue weighted by Crippen LogP contribution is -2.28. The highest BCUT2D eigenvalue weighted by Gasteiger charge is 2.36. The zero-order valence-electron chi connectivity index (χ0n) is 11.6. The molecule has 0 fully saturated rings. The van der Waals surface area contributed by atoms with E-state index in [1.165, 1.54) is 12.1 Å². The maximum absolute atomic E-state index is 13.5. The van der Waals surface area contributed by atoms with Gasteiger partial charge in [-0.25, -0.2) is 4.39 Å². The lowest BCUT2D eigenvalue weighted by Gasteiger charge is -2.17. The summed E-state index contributed by atoms with van der Waals surface area (Å²) in [6.07, 6.45) is -5.37. The van der Waals surface area contributed by atoms with Crippen molar-refractivity contribution >= 4 is 0 Å². The molecule has 1 aromatic carbocycles. The number of rotatable bonds is 7. The van der Waals surface area contributed by atoms with Gasteiger partial charge < -0.3 is 10.1 Å². The number of hydrogen-bond acceptors (Lipinski definition) is 2. The molecule has 20 heavy (non-hydrogen) atoms. The summed E-state index contributed by atoms with van der Waals surface area (Å²) in [5.74, 6) is -0.557.